The highest BCUT2D eigenvalue weighted by molar-refractivity contribution is 6.00. The smallest absolute Gasteiger partial charge is 0.173 e. The first kappa shape index (κ1) is 13.2. The van der Waals surface area contributed by atoms with Crippen LogP contribution in [-0.4, -0.2) is 20.3 Å². The lowest BCUT2D eigenvalue weighted by molar-refractivity contribution is 0.0950. The monoisotopic (exact) mass is 277 g/mol. The van der Waals surface area contributed by atoms with Crippen molar-refractivity contribution in [2.75, 3.05) is 0 Å². The van der Waals surface area contributed by atoms with Crippen molar-refractivity contribution in [3.8, 4) is 0 Å². The minimum Gasteiger partial charge on any atom is -0.336 e. The van der Waals surface area contributed by atoms with E-state index in [-0.39, 0.29) is 11.7 Å². The van der Waals surface area contributed by atoms with Gasteiger partial charge in [0.2, 0.25) is 0 Å². The van der Waals surface area contributed by atoms with Gasteiger partial charge in [0.15, 0.2) is 5.78 Å². The summed E-state index contributed by atoms with van der Waals surface area (Å²) in [6, 6.07) is 13.4. The van der Waals surface area contributed by atoms with Crippen molar-refractivity contribution in [2.24, 2.45) is 0 Å². The molecule has 0 saturated heterocycles. The number of Topliss-reactive ketones (excluding diaryl/α,β-unsaturated/α-hetero) is 1. The molecule has 104 valence electrons. The fraction of sp³-hybridized carbons (Fsp3) is 0.118. The SMILES string of the molecule is O=C(c1cccnc1)C(Cn1ccnc1)c1ccccc1. The number of carbonyl (C=O) groups is 1. The van der Waals surface area contributed by atoms with E-state index < -0.39 is 0 Å². The van der Waals surface area contributed by atoms with Crippen LogP contribution >= 0.6 is 0 Å². The van der Waals surface area contributed by atoms with Gasteiger partial charge in [0, 0.05) is 36.9 Å². The van der Waals surface area contributed by atoms with Gasteiger partial charge < -0.3 is 4.57 Å². The summed E-state index contributed by atoms with van der Waals surface area (Å²) < 4.78 is 1.92. The molecule has 4 nitrogen and oxygen atoms in total. The Labute approximate surface area is 123 Å². The molecule has 3 aromatic rings. The second-order valence-electron chi connectivity index (χ2n) is 4.83. The summed E-state index contributed by atoms with van der Waals surface area (Å²) in [4.78, 5) is 20.9. The lowest BCUT2D eigenvalue weighted by Gasteiger charge is -2.17. The molecule has 2 aromatic heterocycles. The number of hydrogen-bond acceptors (Lipinski definition) is 3. The highest BCUT2D eigenvalue weighted by atomic mass is 16.1. The normalized spacial score (nSPS) is 12.0. The summed E-state index contributed by atoms with van der Waals surface area (Å²) in [7, 11) is 0. The standard InChI is InChI=1S/C17H15N3O/c21-17(15-7-4-8-18-11-15)16(12-20-10-9-19-13-20)14-5-2-1-3-6-14/h1-11,13,16H,12H2. The van der Waals surface area contributed by atoms with Crippen LogP contribution in [0.15, 0.2) is 73.6 Å². The zero-order chi connectivity index (χ0) is 14.5. The molecule has 0 N–H and O–H groups in total. The van der Waals surface area contributed by atoms with Gasteiger partial charge in [0.1, 0.15) is 0 Å². The Morgan fingerprint density at radius 2 is 1.90 bits per heavy atom. The number of hydrogen-bond donors (Lipinski definition) is 0. The van der Waals surface area contributed by atoms with Crippen LogP contribution in [0, 0.1) is 0 Å². The quantitative estimate of drug-likeness (QED) is 0.674. The van der Waals surface area contributed by atoms with Crippen molar-refractivity contribution < 1.29 is 4.79 Å². The summed E-state index contributed by atoms with van der Waals surface area (Å²) >= 11 is 0. The predicted octanol–water partition coefficient (Wildman–Crippen LogP) is 2.94. The first-order chi connectivity index (χ1) is 10.3. The van der Waals surface area contributed by atoms with Gasteiger partial charge in [-0.1, -0.05) is 30.3 Å². The second-order valence-corrected chi connectivity index (χ2v) is 4.83. The highest BCUT2D eigenvalue weighted by Crippen LogP contribution is 2.22. The number of nitrogens with zero attached hydrogens (tertiary/aromatic N) is 3. The molecular formula is C17H15N3O. The molecule has 3 rings (SSSR count). The van der Waals surface area contributed by atoms with E-state index in [1.165, 1.54) is 0 Å². The molecule has 2 heterocycles. The summed E-state index contributed by atoms with van der Waals surface area (Å²) in [6.07, 6.45) is 8.60. The van der Waals surface area contributed by atoms with Crippen LogP contribution in [0.1, 0.15) is 21.8 Å². The lowest BCUT2D eigenvalue weighted by Crippen LogP contribution is -2.18. The number of aromatic nitrogens is 3. The summed E-state index contributed by atoms with van der Waals surface area (Å²) in [6.45, 7) is 0.567. The highest BCUT2D eigenvalue weighted by Gasteiger charge is 2.22. The van der Waals surface area contributed by atoms with E-state index >= 15 is 0 Å². The van der Waals surface area contributed by atoms with Crippen molar-refractivity contribution in [1.29, 1.82) is 0 Å². The van der Waals surface area contributed by atoms with Crippen LogP contribution < -0.4 is 0 Å². The van der Waals surface area contributed by atoms with Gasteiger partial charge in [-0.3, -0.25) is 9.78 Å². The number of benzene rings is 1. The van der Waals surface area contributed by atoms with Gasteiger partial charge in [-0.25, -0.2) is 4.98 Å². The minimum absolute atomic E-state index is 0.0722. The molecule has 1 atom stereocenters. The van der Waals surface area contributed by atoms with Crippen LogP contribution in [0.3, 0.4) is 0 Å². The largest absolute Gasteiger partial charge is 0.336 e. The molecule has 1 unspecified atom stereocenters. The molecule has 0 bridgehead atoms. The van der Waals surface area contributed by atoms with Gasteiger partial charge >= 0.3 is 0 Å². The van der Waals surface area contributed by atoms with E-state index in [4.69, 9.17) is 0 Å². The Morgan fingerprint density at radius 1 is 1.05 bits per heavy atom. The van der Waals surface area contributed by atoms with Crippen molar-refractivity contribution >= 4 is 5.78 Å². The molecule has 0 spiro atoms. The number of pyridine rings is 1. The molecule has 21 heavy (non-hydrogen) atoms. The zero-order valence-corrected chi connectivity index (χ0v) is 11.5. The Hall–Kier alpha value is -2.75. The van der Waals surface area contributed by atoms with Gasteiger partial charge in [-0.05, 0) is 17.7 Å². The molecule has 0 aliphatic heterocycles. The zero-order valence-electron chi connectivity index (χ0n) is 11.5. The molecule has 4 heteroatoms. The molecule has 0 amide bonds. The van der Waals surface area contributed by atoms with E-state index in [0.717, 1.165) is 5.56 Å². The second kappa shape index (κ2) is 6.13. The molecule has 0 radical (unpaired) electrons. The summed E-state index contributed by atoms with van der Waals surface area (Å²) in [5.74, 6) is -0.174. The van der Waals surface area contributed by atoms with Crippen molar-refractivity contribution in [3.63, 3.8) is 0 Å². The van der Waals surface area contributed by atoms with E-state index in [2.05, 4.69) is 9.97 Å². The van der Waals surface area contributed by atoms with Crippen LogP contribution in [0.5, 0.6) is 0 Å². The third kappa shape index (κ3) is 3.05. The van der Waals surface area contributed by atoms with E-state index in [0.29, 0.717) is 12.1 Å². The Morgan fingerprint density at radius 3 is 2.57 bits per heavy atom. The predicted molar refractivity (Wildman–Crippen MR) is 80.0 cm³/mol. The molecule has 0 aliphatic rings. The Balaban J connectivity index is 1.94. The maximum atomic E-state index is 12.8. The maximum absolute atomic E-state index is 12.8. The molecule has 0 aliphatic carbocycles. The summed E-state index contributed by atoms with van der Waals surface area (Å²) in [5.41, 5.74) is 1.63. The first-order valence-electron chi connectivity index (χ1n) is 6.79. The van der Waals surface area contributed by atoms with Crippen LogP contribution in [0.2, 0.25) is 0 Å². The summed E-state index contributed by atoms with van der Waals surface area (Å²) in [5, 5.41) is 0. The minimum atomic E-state index is -0.246. The van der Waals surface area contributed by atoms with Crippen LogP contribution in [0.4, 0.5) is 0 Å². The number of imidazole rings is 1. The molecule has 0 saturated carbocycles. The third-order valence-corrected chi connectivity index (χ3v) is 3.42. The van der Waals surface area contributed by atoms with Gasteiger partial charge in [-0.15, -0.1) is 0 Å². The fourth-order valence-electron chi connectivity index (χ4n) is 2.34. The van der Waals surface area contributed by atoms with E-state index in [1.807, 2.05) is 41.1 Å². The first-order valence-corrected chi connectivity index (χ1v) is 6.79. The van der Waals surface area contributed by atoms with Crippen molar-refractivity contribution in [1.82, 2.24) is 14.5 Å². The maximum Gasteiger partial charge on any atom is 0.173 e. The van der Waals surface area contributed by atoms with Crippen molar-refractivity contribution in [2.45, 2.75) is 12.5 Å². The topological polar surface area (TPSA) is 47.8 Å². The average Bonchev–Trinajstić information content (AvgIpc) is 3.07. The van der Waals surface area contributed by atoms with Gasteiger partial charge in [0.25, 0.3) is 0 Å². The number of ketones is 1. The average molecular weight is 277 g/mol. The van der Waals surface area contributed by atoms with Gasteiger partial charge in [-0.2, -0.15) is 0 Å². The lowest BCUT2D eigenvalue weighted by atomic mass is 9.91. The van der Waals surface area contributed by atoms with Crippen LogP contribution in [-0.2, 0) is 6.54 Å². The molecule has 1 aromatic carbocycles. The fourth-order valence-corrected chi connectivity index (χ4v) is 2.34. The third-order valence-electron chi connectivity index (χ3n) is 3.42. The van der Waals surface area contributed by atoms with E-state index in [1.54, 1.807) is 37.1 Å². The van der Waals surface area contributed by atoms with Crippen LogP contribution in [0.25, 0.3) is 0 Å². The van der Waals surface area contributed by atoms with Crippen molar-refractivity contribution in [3.05, 3.63) is 84.7 Å². The molecule has 0 fully saturated rings. The number of rotatable bonds is 5. The van der Waals surface area contributed by atoms with Gasteiger partial charge in [0.05, 0.1) is 12.2 Å². The Kier molecular flexibility index (Phi) is 3.87. The molecular weight excluding hydrogens is 262 g/mol. The number of carbonyl (C=O) groups excluding carboxylic acids is 1. The van der Waals surface area contributed by atoms with E-state index in [9.17, 15) is 4.79 Å². The Bertz CT molecular complexity index is 693.